The van der Waals surface area contributed by atoms with Gasteiger partial charge >= 0.3 is 0 Å². The van der Waals surface area contributed by atoms with Crippen LogP contribution in [0.4, 0.5) is 0 Å². The van der Waals surface area contributed by atoms with Crippen LogP contribution in [0.3, 0.4) is 0 Å². The summed E-state index contributed by atoms with van der Waals surface area (Å²) in [6.07, 6.45) is 13.0. The van der Waals surface area contributed by atoms with Crippen molar-refractivity contribution < 1.29 is 20.1 Å². The highest BCUT2D eigenvalue weighted by atomic mass is 16.3. The van der Waals surface area contributed by atoms with Crippen molar-refractivity contribution in [1.29, 1.82) is 0 Å². The van der Waals surface area contributed by atoms with E-state index < -0.39 is 18.3 Å². The van der Waals surface area contributed by atoms with Gasteiger partial charge in [-0.05, 0) is 31.6 Å². The van der Waals surface area contributed by atoms with Crippen LogP contribution in [0.15, 0.2) is 24.3 Å². The summed E-state index contributed by atoms with van der Waals surface area (Å²) in [5, 5.41) is 30.4. The molecule has 0 unspecified atom stereocenters. The van der Waals surface area contributed by atoms with Gasteiger partial charge in [-0.2, -0.15) is 0 Å². The minimum atomic E-state index is -0.567. The maximum atomic E-state index is 10.7. The molecule has 0 aromatic rings. The van der Waals surface area contributed by atoms with Crippen molar-refractivity contribution in [3.8, 4) is 0 Å². The minimum Gasteiger partial charge on any atom is -0.393 e. The number of hydrogen-bond donors (Lipinski definition) is 4. The second-order valence-corrected chi connectivity index (χ2v) is 7.13. The molecule has 25 heavy (non-hydrogen) atoms. The highest BCUT2D eigenvalue weighted by Gasteiger charge is 2.39. The first-order valence-electron chi connectivity index (χ1n) is 9.61. The van der Waals surface area contributed by atoms with Crippen LogP contribution in [0.5, 0.6) is 0 Å². The summed E-state index contributed by atoms with van der Waals surface area (Å²) in [5.41, 5.74) is 5.10. The van der Waals surface area contributed by atoms with Crippen molar-refractivity contribution in [1.82, 2.24) is 0 Å². The van der Waals surface area contributed by atoms with E-state index >= 15 is 0 Å². The van der Waals surface area contributed by atoms with Crippen molar-refractivity contribution in [3.05, 3.63) is 24.3 Å². The molecule has 5 N–H and O–H groups in total. The van der Waals surface area contributed by atoms with Gasteiger partial charge < -0.3 is 21.1 Å². The molecule has 5 heteroatoms. The Bertz CT molecular complexity index is 435. The summed E-state index contributed by atoms with van der Waals surface area (Å²) in [5.74, 6) is -0.460. The molecule has 5 nitrogen and oxygen atoms in total. The van der Waals surface area contributed by atoms with E-state index in [4.69, 9.17) is 5.73 Å². The fraction of sp³-hybridized carbons (Fsp3) is 0.750. The van der Waals surface area contributed by atoms with E-state index in [1.165, 1.54) is 0 Å². The smallest absolute Gasteiger partial charge is 0.217 e. The third-order valence-electron chi connectivity index (χ3n) is 4.94. The van der Waals surface area contributed by atoms with Crippen LogP contribution in [-0.4, -0.2) is 39.5 Å². The molecule has 1 fully saturated rings. The molecule has 0 spiro atoms. The Hall–Kier alpha value is -1.17. The van der Waals surface area contributed by atoms with Gasteiger partial charge in [-0.15, -0.1) is 0 Å². The standard InChI is InChI=1S/C20H35NO4/c1-2-3-6-9-15(22)12-13-17-16(18(23)14-19(17)24)10-7-4-5-8-11-20(21)25/h4,7,12-13,15-19,22-24H,2-3,5-6,8-11,14H2,1H3,(H2,21,25)/t15-,16-,17-,18+,19-/m1/s1. The largest absolute Gasteiger partial charge is 0.393 e. The Balaban J connectivity index is 2.46. The lowest BCUT2D eigenvalue weighted by atomic mass is 9.89. The van der Waals surface area contributed by atoms with E-state index in [0.29, 0.717) is 19.3 Å². The molecule has 1 aliphatic rings. The molecule has 0 radical (unpaired) electrons. The number of aliphatic hydroxyl groups excluding tert-OH is 3. The summed E-state index contributed by atoms with van der Waals surface area (Å²) in [4.78, 5) is 10.7. The summed E-state index contributed by atoms with van der Waals surface area (Å²) in [6.45, 7) is 2.13. The molecule has 0 heterocycles. The molecular weight excluding hydrogens is 318 g/mol. The lowest BCUT2D eigenvalue weighted by Gasteiger charge is -2.19. The van der Waals surface area contributed by atoms with E-state index in [1.807, 2.05) is 18.2 Å². The summed E-state index contributed by atoms with van der Waals surface area (Å²) >= 11 is 0. The van der Waals surface area contributed by atoms with Gasteiger partial charge in [0.15, 0.2) is 0 Å². The molecule has 1 saturated carbocycles. The van der Waals surface area contributed by atoms with Gasteiger partial charge in [0.2, 0.25) is 5.91 Å². The minimum absolute atomic E-state index is 0.0403. The highest BCUT2D eigenvalue weighted by Crippen LogP contribution is 2.36. The molecule has 144 valence electrons. The van der Waals surface area contributed by atoms with Crippen LogP contribution in [0, 0.1) is 11.8 Å². The van der Waals surface area contributed by atoms with Gasteiger partial charge in [0, 0.05) is 18.8 Å². The topological polar surface area (TPSA) is 104 Å². The maximum Gasteiger partial charge on any atom is 0.217 e. The van der Waals surface area contributed by atoms with Gasteiger partial charge in [-0.25, -0.2) is 0 Å². The van der Waals surface area contributed by atoms with Crippen molar-refractivity contribution >= 4 is 5.91 Å². The number of nitrogens with two attached hydrogens (primary N) is 1. The first-order chi connectivity index (χ1) is 12.0. The Kier molecular flexibility index (Phi) is 10.7. The molecule has 0 bridgehead atoms. The number of allylic oxidation sites excluding steroid dienone is 2. The van der Waals surface area contributed by atoms with Crippen molar-refractivity contribution in [2.75, 3.05) is 0 Å². The molecule has 5 atom stereocenters. The fourth-order valence-corrected chi connectivity index (χ4v) is 3.43. The molecule has 0 aromatic carbocycles. The van der Waals surface area contributed by atoms with Gasteiger partial charge in [0.1, 0.15) is 0 Å². The van der Waals surface area contributed by atoms with Gasteiger partial charge in [-0.3, -0.25) is 4.79 Å². The number of aliphatic hydroxyl groups is 3. The Morgan fingerprint density at radius 3 is 2.64 bits per heavy atom. The lowest BCUT2D eigenvalue weighted by molar-refractivity contribution is -0.118. The van der Waals surface area contributed by atoms with Crippen LogP contribution in [-0.2, 0) is 4.79 Å². The van der Waals surface area contributed by atoms with E-state index in [1.54, 1.807) is 6.08 Å². The summed E-state index contributed by atoms with van der Waals surface area (Å²) in [6, 6.07) is 0. The number of unbranched alkanes of at least 4 members (excludes halogenated alkanes) is 3. The molecule has 1 aliphatic carbocycles. The quantitative estimate of drug-likeness (QED) is 0.319. The van der Waals surface area contributed by atoms with Gasteiger partial charge in [0.05, 0.1) is 18.3 Å². The average Bonchev–Trinajstić information content (AvgIpc) is 2.82. The van der Waals surface area contributed by atoms with E-state index in [0.717, 1.165) is 38.5 Å². The number of hydrogen-bond acceptors (Lipinski definition) is 4. The molecule has 1 amide bonds. The van der Waals surface area contributed by atoms with Crippen molar-refractivity contribution in [3.63, 3.8) is 0 Å². The summed E-state index contributed by atoms with van der Waals surface area (Å²) < 4.78 is 0. The lowest BCUT2D eigenvalue weighted by Crippen LogP contribution is -2.20. The van der Waals surface area contributed by atoms with E-state index in [9.17, 15) is 20.1 Å². The molecule has 0 aromatic heterocycles. The molecular formula is C20H35NO4. The van der Waals surface area contributed by atoms with Crippen LogP contribution >= 0.6 is 0 Å². The van der Waals surface area contributed by atoms with Crippen molar-refractivity contribution in [2.45, 2.75) is 83.0 Å². The zero-order chi connectivity index (χ0) is 18.7. The van der Waals surface area contributed by atoms with Crippen LogP contribution in [0.1, 0.15) is 64.7 Å². The van der Waals surface area contributed by atoms with Crippen LogP contribution in [0.2, 0.25) is 0 Å². The normalized spacial score (nSPS) is 28.2. The Labute approximate surface area is 151 Å². The first kappa shape index (κ1) is 21.9. The number of rotatable bonds is 12. The predicted molar refractivity (Wildman–Crippen MR) is 99.7 cm³/mol. The first-order valence-corrected chi connectivity index (χ1v) is 9.61. The second-order valence-electron chi connectivity index (χ2n) is 7.13. The highest BCUT2D eigenvalue weighted by molar-refractivity contribution is 5.73. The maximum absolute atomic E-state index is 10.7. The molecule has 1 rings (SSSR count). The average molecular weight is 354 g/mol. The molecule has 0 aliphatic heterocycles. The van der Waals surface area contributed by atoms with Gasteiger partial charge in [-0.1, -0.05) is 50.5 Å². The second kappa shape index (κ2) is 12.2. The monoisotopic (exact) mass is 353 g/mol. The number of amides is 1. The number of carbonyl (C=O) groups excluding carboxylic acids is 1. The van der Waals surface area contributed by atoms with Crippen molar-refractivity contribution in [2.24, 2.45) is 17.6 Å². The zero-order valence-corrected chi connectivity index (χ0v) is 15.4. The van der Waals surface area contributed by atoms with Gasteiger partial charge in [0.25, 0.3) is 0 Å². The third kappa shape index (κ3) is 8.66. The van der Waals surface area contributed by atoms with Crippen LogP contribution < -0.4 is 5.73 Å². The van der Waals surface area contributed by atoms with Crippen LogP contribution in [0.25, 0.3) is 0 Å². The summed E-state index contributed by atoms with van der Waals surface area (Å²) in [7, 11) is 0. The molecule has 0 saturated heterocycles. The Morgan fingerprint density at radius 2 is 1.96 bits per heavy atom. The SMILES string of the molecule is CCCCC[C@@H](O)C=C[C@@H]1[C@@H](CC=CCCCC(N)=O)[C@@H](O)C[C@H]1O. The predicted octanol–water partition coefficient (Wildman–Crippen LogP) is 2.44. The zero-order valence-electron chi connectivity index (χ0n) is 15.4. The number of primary amides is 1. The Morgan fingerprint density at radius 1 is 1.20 bits per heavy atom. The number of carbonyl (C=O) groups is 1. The van der Waals surface area contributed by atoms with E-state index in [2.05, 4.69) is 6.92 Å². The third-order valence-corrected chi connectivity index (χ3v) is 4.94. The van der Waals surface area contributed by atoms with E-state index in [-0.39, 0.29) is 17.7 Å². The fourth-order valence-electron chi connectivity index (χ4n) is 3.43.